The van der Waals surface area contributed by atoms with E-state index in [0.29, 0.717) is 6.79 Å². The van der Waals surface area contributed by atoms with Crippen molar-refractivity contribution in [3.8, 4) is 22.8 Å². The Morgan fingerprint density at radius 2 is 2.18 bits per heavy atom. The van der Waals surface area contributed by atoms with Crippen LogP contribution in [0.25, 0.3) is 11.3 Å². The van der Waals surface area contributed by atoms with Crippen LogP contribution in [0.3, 0.4) is 0 Å². The summed E-state index contributed by atoms with van der Waals surface area (Å²) in [6.45, 7) is 2.23. The fraction of sp³-hybridized carbons (Fsp3) is 0.250. The number of benzene rings is 1. The molecule has 1 aromatic heterocycles. The molecule has 1 aliphatic heterocycles. The lowest BCUT2D eigenvalue weighted by Crippen LogP contribution is -2.03. The van der Waals surface area contributed by atoms with Gasteiger partial charge in [0.25, 0.3) is 0 Å². The van der Waals surface area contributed by atoms with Gasteiger partial charge < -0.3 is 15.2 Å². The first kappa shape index (κ1) is 10.6. The zero-order chi connectivity index (χ0) is 11.8. The molecule has 0 saturated carbocycles. The summed E-state index contributed by atoms with van der Waals surface area (Å²) in [5.74, 6) is 1.56. The van der Waals surface area contributed by atoms with E-state index in [4.69, 9.17) is 15.2 Å². The smallest absolute Gasteiger partial charge is 0.231 e. The molecule has 2 aromatic rings. The third-order valence-electron chi connectivity index (χ3n) is 2.58. The van der Waals surface area contributed by atoms with Gasteiger partial charge >= 0.3 is 0 Å². The molecule has 5 heteroatoms. The number of fused-ring (bicyclic) bond motifs is 1. The SMILES string of the molecule is CC(N)c1nc(-c2ccc3c(c2)OCO3)cs1. The molecule has 1 aliphatic rings. The van der Waals surface area contributed by atoms with Gasteiger partial charge in [0.15, 0.2) is 11.5 Å². The molecule has 0 radical (unpaired) electrons. The third kappa shape index (κ3) is 1.87. The molecule has 1 aromatic carbocycles. The van der Waals surface area contributed by atoms with Crippen molar-refractivity contribution in [3.63, 3.8) is 0 Å². The van der Waals surface area contributed by atoms with Gasteiger partial charge in [-0.3, -0.25) is 0 Å². The van der Waals surface area contributed by atoms with E-state index in [1.54, 1.807) is 11.3 Å². The van der Waals surface area contributed by atoms with Crippen LogP contribution in [0.4, 0.5) is 0 Å². The Balaban J connectivity index is 1.97. The highest BCUT2D eigenvalue weighted by Crippen LogP contribution is 2.36. The number of hydrogen-bond acceptors (Lipinski definition) is 5. The Bertz CT molecular complexity index is 551. The van der Waals surface area contributed by atoms with Gasteiger partial charge in [0.1, 0.15) is 5.01 Å². The fourth-order valence-corrected chi connectivity index (χ4v) is 2.47. The molecule has 1 atom stereocenters. The molecule has 88 valence electrons. The van der Waals surface area contributed by atoms with Crippen molar-refractivity contribution in [1.82, 2.24) is 4.98 Å². The van der Waals surface area contributed by atoms with E-state index < -0.39 is 0 Å². The molecule has 3 rings (SSSR count). The molecule has 2 N–H and O–H groups in total. The average molecular weight is 248 g/mol. The van der Waals surface area contributed by atoms with Crippen molar-refractivity contribution in [1.29, 1.82) is 0 Å². The second kappa shape index (κ2) is 4.01. The molecule has 0 bridgehead atoms. The van der Waals surface area contributed by atoms with E-state index in [0.717, 1.165) is 27.8 Å². The standard InChI is InChI=1S/C12H12N2O2S/c1-7(13)12-14-9(5-17-12)8-2-3-10-11(4-8)16-6-15-10/h2-5,7H,6,13H2,1H3. The maximum absolute atomic E-state index is 5.80. The van der Waals surface area contributed by atoms with Gasteiger partial charge in [0.2, 0.25) is 6.79 Å². The molecule has 17 heavy (non-hydrogen) atoms. The van der Waals surface area contributed by atoms with Crippen LogP contribution in [0, 0.1) is 0 Å². The van der Waals surface area contributed by atoms with E-state index in [9.17, 15) is 0 Å². The molecule has 0 saturated heterocycles. The van der Waals surface area contributed by atoms with Gasteiger partial charge in [0.05, 0.1) is 11.7 Å². The summed E-state index contributed by atoms with van der Waals surface area (Å²) < 4.78 is 10.6. The molecular formula is C12H12N2O2S. The monoisotopic (exact) mass is 248 g/mol. The van der Waals surface area contributed by atoms with E-state index >= 15 is 0 Å². The Labute approximate surface area is 103 Å². The molecule has 0 fully saturated rings. The number of nitrogens with two attached hydrogens (primary N) is 1. The van der Waals surface area contributed by atoms with Crippen LogP contribution in [-0.4, -0.2) is 11.8 Å². The highest BCUT2D eigenvalue weighted by molar-refractivity contribution is 7.10. The molecule has 0 amide bonds. The Kier molecular flexibility index (Phi) is 2.49. The summed E-state index contributed by atoms with van der Waals surface area (Å²) >= 11 is 1.58. The maximum atomic E-state index is 5.80. The van der Waals surface area contributed by atoms with Gasteiger partial charge in [-0.15, -0.1) is 11.3 Å². The van der Waals surface area contributed by atoms with Gasteiger partial charge in [-0.25, -0.2) is 4.98 Å². The van der Waals surface area contributed by atoms with Crippen LogP contribution >= 0.6 is 11.3 Å². The molecular weight excluding hydrogens is 236 g/mol. The molecule has 4 nitrogen and oxygen atoms in total. The third-order valence-corrected chi connectivity index (χ3v) is 3.63. The van der Waals surface area contributed by atoms with Crippen LogP contribution < -0.4 is 15.2 Å². The summed E-state index contributed by atoms with van der Waals surface area (Å²) in [6.07, 6.45) is 0. The minimum atomic E-state index is -0.0252. The van der Waals surface area contributed by atoms with Crippen LogP contribution in [0.15, 0.2) is 23.6 Å². The predicted octanol–water partition coefficient (Wildman–Crippen LogP) is 2.56. The van der Waals surface area contributed by atoms with Gasteiger partial charge in [-0.05, 0) is 25.1 Å². The van der Waals surface area contributed by atoms with Crippen molar-refractivity contribution in [3.05, 3.63) is 28.6 Å². The fourth-order valence-electron chi connectivity index (χ4n) is 1.69. The Morgan fingerprint density at radius 3 is 2.94 bits per heavy atom. The van der Waals surface area contributed by atoms with E-state index in [-0.39, 0.29) is 6.04 Å². The second-order valence-electron chi connectivity index (χ2n) is 3.93. The number of aromatic nitrogens is 1. The largest absolute Gasteiger partial charge is 0.454 e. The lowest BCUT2D eigenvalue weighted by Gasteiger charge is -2.00. The quantitative estimate of drug-likeness (QED) is 0.887. The first-order chi connectivity index (χ1) is 8.24. The summed E-state index contributed by atoms with van der Waals surface area (Å²) in [4.78, 5) is 4.50. The number of hydrogen-bond donors (Lipinski definition) is 1. The molecule has 0 spiro atoms. The van der Waals surface area contributed by atoms with E-state index in [2.05, 4.69) is 4.98 Å². The van der Waals surface area contributed by atoms with Crippen molar-refractivity contribution in [2.75, 3.05) is 6.79 Å². The van der Waals surface area contributed by atoms with E-state index in [1.807, 2.05) is 30.5 Å². The Hall–Kier alpha value is -1.59. The minimum Gasteiger partial charge on any atom is -0.454 e. The minimum absolute atomic E-state index is 0.0252. The highest BCUT2D eigenvalue weighted by Gasteiger charge is 2.15. The second-order valence-corrected chi connectivity index (χ2v) is 4.82. The molecule has 1 unspecified atom stereocenters. The predicted molar refractivity (Wildman–Crippen MR) is 66.3 cm³/mol. The number of thiazole rings is 1. The topological polar surface area (TPSA) is 57.4 Å². The lowest BCUT2D eigenvalue weighted by atomic mass is 10.1. The zero-order valence-electron chi connectivity index (χ0n) is 9.34. The summed E-state index contributed by atoms with van der Waals surface area (Å²) in [5.41, 5.74) is 7.76. The number of nitrogens with zero attached hydrogens (tertiary/aromatic N) is 1. The van der Waals surface area contributed by atoms with Crippen LogP contribution in [0.2, 0.25) is 0 Å². The summed E-state index contributed by atoms with van der Waals surface area (Å²) in [5, 5.41) is 2.95. The van der Waals surface area contributed by atoms with Crippen LogP contribution in [0.1, 0.15) is 18.0 Å². The van der Waals surface area contributed by atoms with Crippen molar-refractivity contribution in [2.24, 2.45) is 5.73 Å². The zero-order valence-corrected chi connectivity index (χ0v) is 10.2. The van der Waals surface area contributed by atoms with Gasteiger partial charge in [-0.2, -0.15) is 0 Å². The molecule has 2 heterocycles. The number of rotatable bonds is 2. The summed E-state index contributed by atoms with van der Waals surface area (Å²) in [6, 6.07) is 5.81. The van der Waals surface area contributed by atoms with E-state index in [1.165, 1.54) is 0 Å². The Morgan fingerprint density at radius 1 is 1.35 bits per heavy atom. The first-order valence-corrected chi connectivity index (χ1v) is 6.23. The van der Waals surface area contributed by atoms with Crippen molar-refractivity contribution >= 4 is 11.3 Å². The van der Waals surface area contributed by atoms with Crippen LogP contribution in [0.5, 0.6) is 11.5 Å². The molecule has 0 aliphatic carbocycles. The number of ether oxygens (including phenoxy) is 2. The van der Waals surface area contributed by atoms with Crippen LogP contribution in [-0.2, 0) is 0 Å². The average Bonchev–Trinajstić information content (AvgIpc) is 2.97. The normalized spacial score (nSPS) is 14.9. The van der Waals surface area contributed by atoms with Gasteiger partial charge in [0, 0.05) is 10.9 Å². The first-order valence-electron chi connectivity index (χ1n) is 5.35. The maximum Gasteiger partial charge on any atom is 0.231 e. The lowest BCUT2D eigenvalue weighted by molar-refractivity contribution is 0.174. The van der Waals surface area contributed by atoms with Crippen molar-refractivity contribution < 1.29 is 9.47 Å². The van der Waals surface area contributed by atoms with Crippen molar-refractivity contribution in [2.45, 2.75) is 13.0 Å². The highest BCUT2D eigenvalue weighted by atomic mass is 32.1. The summed E-state index contributed by atoms with van der Waals surface area (Å²) in [7, 11) is 0. The van der Waals surface area contributed by atoms with Gasteiger partial charge in [-0.1, -0.05) is 0 Å².